The van der Waals surface area contributed by atoms with Crippen LogP contribution in [0, 0.1) is 0 Å². The largest absolute Gasteiger partial charge is 0.416 e. The van der Waals surface area contributed by atoms with Crippen LogP contribution in [0.15, 0.2) is 29.4 Å². The molecule has 0 aromatic heterocycles. The molecular weight excluding hydrogens is 207 g/mol. The SMILES string of the molecule is C[C@H](N=[N+]=[N-])c1ccccc1C(F)(F)F. The Morgan fingerprint density at radius 2 is 1.93 bits per heavy atom. The summed E-state index contributed by atoms with van der Waals surface area (Å²) in [6, 6.07) is 4.23. The van der Waals surface area contributed by atoms with Gasteiger partial charge in [-0.1, -0.05) is 30.2 Å². The fraction of sp³-hybridized carbons (Fsp3) is 0.333. The normalized spacial score (nSPS) is 13.1. The minimum atomic E-state index is -4.42. The fourth-order valence-electron chi connectivity index (χ4n) is 1.26. The molecule has 15 heavy (non-hydrogen) atoms. The van der Waals surface area contributed by atoms with Crippen molar-refractivity contribution in [1.29, 1.82) is 0 Å². The van der Waals surface area contributed by atoms with Crippen molar-refractivity contribution >= 4 is 0 Å². The highest BCUT2D eigenvalue weighted by molar-refractivity contribution is 5.32. The topological polar surface area (TPSA) is 48.8 Å². The van der Waals surface area contributed by atoms with Crippen LogP contribution in [0.25, 0.3) is 10.4 Å². The number of hydrogen-bond donors (Lipinski definition) is 0. The van der Waals surface area contributed by atoms with Crippen LogP contribution in [0.1, 0.15) is 24.1 Å². The smallest absolute Gasteiger partial charge is 0.166 e. The number of rotatable bonds is 2. The van der Waals surface area contributed by atoms with E-state index in [-0.39, 0.29) is 5.56 Å². The maximum atomic E-state index is 12.5. The van der Waals surface area contributed by atoms with Crippen molar-refractivity contribution < 1.29 is 13.2 Å². The molecule has 0 radical (unpaired) electrons. The van der Waals surface area contributed by atoms with Gasteiger partial charge in [-0.25, -0.2) is 0 Å². The van der Waals surface area contributed by atoms with Crippen molar-refractivity contribution in [3.05, 3.63) is 45.8 Å². The molecule has 0 aliphatic rings. The molecule has 0 N–H and O–H groups in total. The van der Waals surface area contributed by atoms with Crippen LogP contribution < -0.4 is 0 Å². The average molecular weight is 215 g/mol. The molecule has 3 nitrogen and oxygen atoms in total. The molecule has 6 heteroatoms. The van der Waals surface area contributed by atoms with E-state index in [4.69, 9.17) is 5.53 Å². The molecule has 0 saturated heterocycles. The van der Waals surface area contributed by atoms with Gasteiger partial charge in [0.05, 0.1) is 11.6 Å². The highest BCUT2D eigenvalue weighted by Crippen LogP contribution is 2.35. The van der Waals surface area contributed by atoms with E-state index < -0.39 is 17.8 Å². The maximum Gasteiger partial charge on any atom is 0.416 e. The molecule has 1 rings (SSSR count). The predicted molar refractivity (Wildman–Crippen MR) is 49.0 cm³/mol. The molecule has 0 aliphatic heterocycles. The quantitative estimate of drug-likeness (QED) is 0.405. The Labute approximate surface area is 84.2 Å². The number of nitrogens with zero attached hydrogens (tertiary/aromatic N) is 3. The van der Waals surface area contributed by atoms with Crippen molar-refractivity contribution in [1.82, 2.24) is 0 Å². The van der Waals surface area contributed by atoms with Gasteiger partial charge in [-0.3, -0.25) is 0 Å². The third-order valence-corrected chi connectivity index (χ3v) is 1.94. The minimum Gasteiger partial charge on any atom is -0.166 e. The van der Waals surface area contributed by atoms with Crippen molar-refractivity contribution in [3.63, 3.8) is 0 Å². The van der Waals surface area contributed by atoms with Crippen molar-refractivity contribution in [2.24, 2.45) is 5.11 Å². The van der Waals surface area contributed by atoms with Gasteiger partial charge in [-0.2, -0.15) is 13.2 Å². The molecule has 0 amide bonds. The first-order valence-corrected chi connectivity index (χ1v) is 4.17. The second kappa shape index (κ2) is 4.23. The Morgan fingerprint density at radius 3 is 2.47 bits per heavy atom. The lowest BCUT2D eigenvalue weighted by Crippen LogP contribution is -2.09. The Hall–Kier alpha value is -1.68. The number of benzene rings is 1. The first-order chi connectivity index (χ1) is 6.96. The molecule has 1 aromatic rings. The zero-order chi connectivity index (χ0) is 11.5. The van der Waals surface area contributed by atoms with Gasteiger partial charge < -0.3 is 0 Å². The van der Waals surface area contributed by atoms with Gasteiger partial charge in [0.15, 0.2) is 0 Å². The fourth-order valence-corrected chi connectivity index (χ4v) is 1.26. The summed E-state index contributed by atoms with van der Waals surface area (Å²) in [5.41, 5.74) is 7.40. The van der Waals surface area contributed by atoms with Crippen LogP contribution >= 0.6 is 0 Å². The molecule has 0 unspecified atom stereocenters. The Morgan fingerprint density at radius 1 is 1.33 bits per heavy atom. The van der Waals surface area contributed by atoms with E-state index in [9.17, 15) is 13.2 Å². The summed E-state index contributed by atoms with van der Waals surface area (Å²) >= 11 is 0. The lowest BCUT2D eigenvalue weighted by atomic mass is 10.0. The van der Waals surface area contributed by atoms with Crippen molar-refractivity contribution in [2.45, 2.75) is 19.1 Å². The van der Waals surface area contributed by atoms with Crippen LogP contribution in [0.3, 0.4) is 0 Å². The van der Waals surface area contributed by atoms with Crippen LogP contribution in [-0.2, 0) is 6.18 Å². The van der Waals surface area contributed by atoms with Gasteiger partial charge >= 0.3 is 6.18 Å². The zero-order valence-corrected chi connectivity index (χ0v) is 7.86. The molecule has 1 atom stereocenters. The van der Waals surface area contributed by atoms with Gasteiger partial charge in [0.25, 0.3) is 0 Å². The summed E-state index contributed by atoms with van der Waals surface area (Å²) in [5, 5.41) is 3.25. The molecule has 1 aromatic carbocycles. The first kappa shape index (κ1) is 11.4. The first-order valence-electron chi connectivity index (χ1n) is 4.17. The summed E-state index contributed by atoms with van der Waals surface area (Å²) in [6.07, 6.45) is -4.42. The van der Waals surface area contributed by atoms with Gasteiger partial charge in [-0.05, 0) is 17.2 Å². The molecule has 0 saturated carbocycles. The summed E-state index contributed by atoms with van der Waals surface area (Å²) in [5.74, 6) is 0. The number of halogens is 3. The van der Waals surface area contributed by atoms with Gasteiger partial charge in [0.2, 0.25) is 0 Å². The van der Waals surface area contributed by atoms with E-state index >= 15 is 0 Å². The Balaban J connectivity index is 3.23. The van der Waals surface area contributed by atoms with Gasteiger partial charge in [0, 0.05) is 4.91 Å². The third kappa shape index (κ3) is 2.63. The highest BCUT2D eigenvalue weighted by atomic mass is 19.4. The molecule has 80 valence electrons. The Kier molecular flexibility index (Phi) is 3.21. The zero-order valence-electron chi connectivity index (χ0n) is 7.86. The van der Waals surface area contributed by atoms with E-state index in [2.05, 4.69) is 10.0 Å². The average Bonchev–Trinajstić information content (AvgIpc) is 2.17. The lowest BCUT2D eigenvalue weighted by molar-refractivity contribution is -0.138. The molecule has 0 spiro atoms. The monoisotopic (exact) mass is 215 g/mol. The van der Waals surface area contributed by atoms with Crippen LogP contribution in [0.4, 0.5) is 13.2 Å². The van der Waals surface area contributed by atoms with Crippen molar-refractivity contribution in [2.75, 3.05) is 0 Å². The molecule has 0 heterocycles. The highest BCUT2D eigenvalue weighted by Gasteiger charge is 2.33. The number of hydrogen-bond acceptors (Lipinski definition) is 1. The second-order valence-electron chi connectivity index (χ2n) is 2.97. The van der Waals surface area contributed by atoms with Crippen LogP contribution in [-0.4, -0.2) is 0 Å². The van der Waals surface area contributed by atoms with E-state index in [1.165, 1.54) is 25.1 Å². The third-order valence-electron chi connectivity index (χ3n) is 1.94. The molecule has 0 bridgehead atoms. The summed E-state index contributed by atoms with van der Waals surface area (Å²) in [6.45, 7) is 1.42. The summed E-state index contributed by atoms with van der Waals surface area (Å²) < 4.78 is 37.5. The lowest BCUT2D eigenvalue weighted by Gasteiger charge is -2.14. The number of azide groups is 1. The summed E-state index contributed by atoms with van der Waals surface area (Å²) in [4.78, 5) is 2.49. The summed E-state index contributed by atoms with van der Waals surface area (Å²) in [7, 11) is 0. The predicted octanol–water partition coefficient (Wildman–Crippen LogP) is 4.08. The van der Waals surface area contributed by atoms with Crippen LogP contribution in [0.5, 0.6) is 0 Å². The van der Waals surface area contributed by atoms with Crippen molar-refractivity contribution in [3.8, 4) is 0 Å². The minimum absolute atomic E-state index is 0.0113. The second-order valence-corrected chi connectivity index (χ2v) is 2.97. The van der Waals surface area contributed by atoms with Gasteiger partial charge in [0.1, 0.15) is 0 Å². The molecule has 0 aliphatic carbocycles. The van der Waals surface area contributed by atoms with E-state index in [1.807, 2.05) is 0 Å². The van der Waals surface area contributed by atoms with E-state index in [0.717, 1.165) is 6.07 Å². The van der Waals surface area contributed by atoms with Crippen LogP contribution in [0.2, 0.25) is 0 Å². The number of alkyl halides is 3. The standard InChI is InChI=1S/C9H8F3N3/c1-6(14-15-13)7-4-2-3-5-8(7)9(10,11)12/h2-6H,1H3/t6-/m0/s1. The maximum absolute atomic E-state index is 12.5. The Bertz CT molecular complexity index is 394. The van der Waals surface area contributed by atoms with Gasteiger partial charge in [-0.15, -0.1) is 0 Å². The molecule has 0 fully saturated rings. The molecular formula is C9H8F3N3. The van der Waals surface area contributed by atoms with E-state index in [0.29, 0.717) is 0 Å². The van der Waals surface area contributed by atoms with E-state index in [1.54, 1.807) is 0 Å².